The van der Waals surface area contributed by atoms with Gasteiger partial charge in [0.05, 0.1) is 0 Å². The average molecular weight is 483 g/mol. The SMILES string of the molecule is CN(CCc1ccccc1)C(=O)Cn1cc(C/C=C/C(=O)O)c2cc(OCc3ccccc3)ccc21. The summed E-state index contributed by atoms with van der Waals surface area (Å²) < 4.78 is 7.94. The van der Waals surface area contributed by atoms with E-state index in [1.807, 2.05) is 84.5 Å². The number of amides is 1. The minimum absolute atomic E-state index is 0.0138. The van der Waals surface area contributed by atoms with Gasteiger partial charge in [0.15, 0.2) is 0 Å². The van der Waals surface area contributed by atoms with E-state index in [1.54, 1.807) is 11.0 Å². The second-order valence-corrected chi connectivity index (χ2v) is 8.73. The molecule has 0 atom stereocenters. The second-order valence-electron chi connectivity index (χ2n) is 8.73. The standard InChI is InChI=1S/C30H30N2O4/c1-31(18-17-23-9-4-2-5-10-23)29(33)21-32-20-25(13-8-14-30(34)35)27-19-26(15-16-28(27)32)36-22-24-11-6-3-7-12-24/h2-12,14-16,19-20H,13,17-18,21-22H2,1H3,(H,34,35)/b14-8+. The molecule has 1 amide bonds. The number of aromatic nitrogens is 1. The number of aliphatic carboxylic acids is 1. The number of carboxylic acids is 1. The molecular formula is C30H30N2O4. The molecule has 0 bridgehead atoms. The Hall–Kier alpha value is -4.32. The van der Waals surface area contributed by atoms with Crippen LogP contribution in [-0.2, 0) is 35.6 Å². The minimum Gasteiger partial charge on any atom is -0.489 e. The number of fused-ring (bicyclic) bond motifs is 1. The van der Waals surface area contributed by atoms with E-state index in [-0.39, 0.29) is 12.5 Å². The quantitative estimate of drug-likeness (QED) is 0.302. The Labute approximate surface area is 211 Å². The molecule has 0 saturated carbocycles. The summed E-state index contributed by atoms with van der Waals surface area (Å²) in [6.07, 6.45) is 5.92. The predicted molar refractivity (Wildman–Crippen MR) is 141 cm³/mol. The number of nitrogens with zero attached hydrogens (tertiary/aromatic N) is 2. The van der Waals surface area contributed by atoms with Crippen LogP contribution in [0.2, 0.25) is 0 Å². The van der Waals surface area contributed by atoms with Crippen molar-refractivity contribution in [2.75, 3.05) is 13.6 Å². The molecule has 0 unspecified atom stereocenters. The third-order valence-corrected chi connectivity index (χ3v) is 6.09. The lowest BCUT2D eigenvalue weighted by atomic mass is 10.1. The first-order valence-electron chi connectivity index (χ1n) is 12.0. The fourth-order valence-electron chi connectivity index (χ4n) is 4.09. The molecule has 4 rings (SSSR count). The lowest BCUT2D eigenvalue weighted by Crippen LogP contribution is -2.31. The van der Waals surface area contributed by atoms with E-state index in [0.717, 1.165) is 40.3 Å². The fourth-order valence-corrected chi connectivity index (χ4v) is 4.09. The molecular weight excluding hydrogens is 452 g/mol. The summed E-state index contributed by atoms with van der Waals surface area (Å²) in [5, 5.41) is 9.92. The molecule has 0 spiro atoms. The molecule has 36 heavy (non-hydrogen) atoms. The zero-order chi connectivity index (χ0) is 25.3. The third kappa shape index (κ3) is 6.63. The Balaban J connectivity index is 1.51. The summed E-state index contributed by atoms with van der Waals surface area (Å²) >= 11 is 0. The van der Waals surface area contributed by atoms with Gasteiger partial charge in [0.2, 0.25) is 5.91 Å². The molecule has 0 fully saturated rings. The highest BCUT2D eigenvalue weighted by molar-refractivity contribution is 5.88. The van der Waals surface area contributed by atoms with Gasteiger partial charge in [-0.2, -0.15) is 0 Å². The summed E-state index contributed by atoms with van der Waals surface area (Å²) in [6, 6.07) is 25.9. The van der Waals surface area contributed by atoms with E-state index in [9.17, 15) is 9.59 Å². The van der Waals surface area contributed by atoms with Crippen molar-refractivity contribution in [3.63, 3.8) is 0 Å². The first-order chi connectivity index (χ1) is 17.5. The molecule has 0 radical (unpaired) electrons. The molecule has 0 aliphatic heterocycles. The smallest absolute Gasteiger partial charge is 0.327 e. The second kappa shape index (κ2) is 11.9. The summed E-state index contributed by atoms with van der Waals surface area (Å²) in [7, 11) is 1.82. The van der Waals surface area contributed by atoms with Crippen molar-refractivity contribution in [1.82, 2.24) is 9.47 Å². The molecule has 184 valence electrons. The Morgan fingerprint density at radius 1 is 0.972 bits per heavy atom. The van der Waals surface area contributed by atoms with E-state index in [2.05, 4.69) is 12.1 Å². The highest BCUT2D eigenvalue weighted by atomic mass is 16.5. The van der Waals surface area contributed by atoms with Gasteiger partial charge in [-0.05, 0) is 47.7 Å². The zero-order valence-corrected chi connectivity index (χ0v) is 20.3. The number of benzene rings is 3. The van der Waals surface area contributed by atoms with Crippen molar-refractivity contribution in [2.45, 2.75) is 26.0 Å². The van der Waals surface area contributed by atoms with Crippen LogP contribution < -0.4 is 4.74 Å². The minimum atomic E-state index is -0.985. The number of carboxylic acid groups (broad SMARTS) is 1. The van der Waals surface area contributed by atoms with Crippen molar-refractivity contribution in [2.24, 2.45) is 0 Å². The third-order valence-electron chi connectivity index (χ3n) is 6.09. The van der Waals surface area contributed by atoms with E-state index in [4.69, 9.17) is 9.84 Å². The maximum atomic E-state index is 13.0. The van der Waals surface area contributed by atoms with Crippen molar-refractivity contribution >= 4 is 22.8 Å². The molecule has 0 aliphatic rings. The summed E-state index contributed by atoms with van der Waals surface area (Å²) in [5.74, 6) is -0.250. The number of carbonyl (C=O) groups is 2. The Morgan fingerprint density at radius 3 is 2.36 bits per heavy atom. The molecule has 6 heteroatoms. The number of hydrogen-bond donors (Lipinski definition) is 1. The molecule has 1 aromatic heterocycles. The highest BCUT2D eigenvalue weighted by Gasteiger charge is 2.15. The van der Waals surface area contributed by atoms with E-state index < -0.39 is 5.97 Å². The van der Waals surface area contributed by atoms with Crippen molar-refractivity contribution in [1.29, 1.82) is 0 Å². The van der Waals surface area contributed by atoms with E-state index in [0.29, 0.717) is 19.6 Å². The van der Waals surface area contributed by atoms with Gasteiger partial charge < -0.3 is 19.3 Å². The average Bonchev–Trinajstić information content (AvgIpc) is 3.23. The lowest BCUT2D eigenvalue weighted by Gasteiger charge is -2.18. The first-order valence-corrected chi connectivity index (χ1v) is 12.0. The number of carbonyl (C=O) groups excluding carboxylic acids is 1. The van der Waals surface area contributed by atoms with Gasteiger partial charge >= 0.3 is 5.97 Å². The van der Waals surface area contributed by atoms with Crippen LogP contribution in [0.15, 0.2) is 97.2 Å². The Bertz CT molecular complexity index is 1340. The Morgan fingerprint density at radius 2 is 1.67 bits per heavy atom. The van der Waals surface area contributed by atoms with Crippen LogP contribution in [0.4, 0.5) is 0 Å². The molecule has 1 heterocycles. The topological polar surface area (TPSA) is 71.8 Å². The monoisotopic (exact) mass is 482 g/mol. The van der Waals surface area contributed by atoms with Gasteiger partial charge in [-0.1, -0.05) is 66.7 Å². The van der Waals surface area contributed by atoms with Crippen LogP contribution in [0.3, 0.4) is 0 Å². The number of rotatable bonds is 11. The maximum Gasteiger partial charge on any atom is 0.327 e. The summed E-state index contributed by atoms with van der Waals surface area (Å²) in [5.41, 5.74) is 4.11. The van der Waals surface area contributed by atoms with Crippen LogP contribution in [0.25, 0.3) is 10.9 Å². The zero-order valence-electron chi connectivity index (χ0n) is 20.3. The van der Waals surface area contributed by atoms with Crippen LogP contribution in [0.1, 0.15) is 16.7 Å². The number of ether oxygens (including phenoxy) is 1. The van der Waals surface area contributed by atoms with Crippen molar-refractivity contribution in [3.05, 3.63) is 114 Å². The number of hydrogen-bond acceptors (Lipinski definition) is 3. The molecule has 1 N–H and O–H groups in total. The molecule has 0 saturated heterocycles. The normalized spacial score (nSPS) is 11.1. The molecule has 0 aliphatic carbocycles. The van der Waals surface area contributed by atoms with Crippen LogP contribution in [0.5, 0.6) is 5.75 Å². The van der Waals surface area contributed by atoms with Crippen LogP contribution >= 0.6 is 0 Å². The molecule has 6 nitrogen and oxygen atoms in total. The summed E-state index contributed by atoms with van der Waals surface area (Å²) in [4.78, 5) is 25.7. The molecule has 4 aromatic rings. The van der Waals surface area contributed by atoms with Crippen molar-refractivity contribution < 1.29 is 19.4 Å². The van der Waals surface area contributed by atoms with Gasteiger partial charge in [0.1, 0.15) is 18.9 Å². The van der Waals surface area contributed by atoms with Gasteiger partial charge in [0, 0.05) is 36.8 Å². The maximum absolute atomic E-state index is 13.0. The van der Waals surface area contributed by atoms with Crippen LogP contribution in [-0.4, -0.2) is 40.0 Å². The Kier molecular flexibility index (Phi) is 8.19. The van der Waals surface area contributed by atoms with E-state index in [1.165, 1.54) is 5.56 Å². The lowest BCUT2D eigenvalue weighted by molar-refractivity contribution is -0.131. The fraction of sp³-hybridized carbons (Fsp3) is 0.200. The molecule has 3 aromatic carbocycles. The highest BCUT2D eigenvalue weighted by Crippen LogP contribution is 2.27. The summed E-state index contributed by atoms with van der Waals surface area (Å²) in [6.45, 7) is 1.29. The van der Waals surface area contributed by atoms with Crippen LogP contribution in [0, 0.1) is 0 Å². The van der Waals surface area contributed by atoms with Crippen molar-refractivity contribution in [3.8, 4) is 5.75 Å². The number of likely N-dealkylation sites (N-methyl/N-ethyl adjacent to an activating group) is 1. The van der Waals surface area contributed by atoms with Gasteiger partial charge in [-0.25, -0.2) is 4.79 Å². The largest absolute Gasteiger partial charge is 0.489 e. The first kappa shape index (κ1) is 24.8. The van der Waals surface area contributed by atoms with Gasteiger partial charge in [-0.15, -0.1) is 0 Å². The van der Waals surface area contributed by atoms with Gasteiger partial charge in [-0.3, -0.25) is 4.79 Å². The van der Waals surface area contributed by atoms with E-state index >= 15 is 0 Å². The predicted octanol–water partition coefficient (Wildman–Crippen LogP) is 5.10. The van der Waals surface area contributed by atoms with Gasteiger partial charge in [0.25, 0.3) is 0 Å². The number of allylic oxidation sites excluding steroid dienone is 1.